The van der Waals surface area contributed by atoms with Gasteiger partial charge in [0.1, 0.15) is 5.75 Å². The molecule has 1 saturated heterocycles. The quantitative estimate of drug-likeness (QED) is 0.621. The van der Waals surface area contributed by atoms with Crippen LogP contribution in [-0.2, 0) is 4.74 Å². The van der Waals surface area contributed by atoms with Crippen molar-refractivity contribution < 1.29 is 9.84 Å². The van der Waals surface area contributed by atoms with Crippen LogP contribution in [-0.4, -0.2) is 24.1 Å². The van der Waals surface area contributed by atoms with Crippen LogP contribution < -0.4 is 0 Å². The Labute approximate surface area is 114 Å². The Bertz CT molecular complexity index is 348. The van der Waals surface area contributed by atoms with E-state index in [2.05, 4.69) is 0 Å². The Kier molecular flexibility index (Phi) is 5.88. The molecule has 0 spiro atoms. The van der Waals surface area contributed by atoms with Gasteiger partial charge in [-0.15, -0.1) is 11.8 Å². The van der Waals surface area contributed by atoms with Gasteiger partial charge in [-0.1, -0.05) is 25.0 Å². The Balaban J connectivity index is 1.57. The third kappa shape index (κ3) is 4.54. The molecular weight excluding hydrogens is 244 g/mol. The van der Waals surface area contributed by atoms with E-state index in [0.717, 1.165) is 29.8 Å². The van der Waals surface area contributed by atoms with Crippen LogP contribution in [0.15, 0.2) is 29.2 Å². The molecule has 0 amide bonds. The maximum absolute atomic E-state index is 9.64. The molecule has 0 bridgehead atoms. The number of hydrogen-bond donors (Lipinski definition) is 1. The number of phenols is 1. The van der Waals surface area contributed by atoms with Crippen molar-refractivity contribution in [3.63, 3.8) is 0 Å². The third-order valence-corrected chi connectivity index (χ3v) is 4.62. The second kappa shape index (κ2) is 7.70. The van der Waals surface area contributed by atoms with Gasteiger partial charge < -0.3 is 9.84 Å². The fraction of sp³-hybridized carbons (Fsp3) is 0.600. The number of aromatic hydroxyl groups is 1. The van der Waals surface area contributed by atoms with Crippen molar-refractivity contribution in [1.29, 1.82) is 0 Å². The van der Waals surface area contributed by atoms with Gasteiger partial charge in [0.05, 0.1) is 0 Å². The first-order valence-electron chi connectivity index (χ1n) is 6.85. The molecule has 0 aromatic heterocycles. The van der Waals surface area contributed by atoms with Crippen molar-refractivity contribution in [2.24, 2.45) is 5.92 Å². The molecule has 1 aromatic carbocycles. The number of thioether (sulfide) groups is 1. The normalized spacial score (nSPS) is 16.9. The van der Waals surface area contributed by atoms with Crippen LogP contribution in [0.4, 0.5) is 0 Å². The molecule has 0 aliphatic carbocycles. The van der Waals surface area contributed by atoms with E-state index < -0.39 is 0 Å². The molecule has 1 aliphatic heterocycles. The molecule has 1 N–H and O–H groups in total. The summed E-state index contributed by atoms with van der Waals surface area (Å²) in [7, 11) is 0. The molecule has 0 atom stereocenters. The lowest BCUT2D eigenvalue weighted by Crippen LogP contribution is -2.15. The summed E-state index contributed by atoms with van der Waals surface area (Å²) in [6, 6.07) is 7.58. The monoisotopic (exact) mass is 266 g/mol. The Morgan fingerprint density at radius 2 is 1.94 bits per heavy atom. The average Bonchev–Trinajstić information content (AvgIpc) is 2.42. The summed E-state index contributed by atoms with van der Waals surface area (Å²) in [5, 5.41) is 9.64. The van der Waals surface area contributed by atoms with Crippen LogP contribution in [0.1, 0.15) is 32.1 Å². The first-order chi connectivity index (χ1) is 8.86. The minimum Gasteiger partial charge on any atom is -0.507 e. The Morgan fingerprint density at radius 3 is 2.72 bits per heavy atom. The number of rotatable bonds is 6. The summed E-state index contributed by atoms with van der Waals surface area (Å²) in [5.74, 6) is 2.39. The molecule has 0 unspecified atom stereocenters. The number of para-hydroxylation sites is 1. The van der Waals surface area contributed by atoms with Crippen LogP contribution in [0.2, 0.25) is 0 Å². The van der Waals surface area contributed by atoms with E-state index in [4.69, 9.17) is 4.74 Å². The SMILES string of the molecule is Oc1ccccc1SCCCCC1CCOCC1. The van der Waals surface area contributed by atoms with Gasteiger partial charge in [0.2, 0.25) is 0 Å². The topological polar surface area (TPSA) is 29.5 Å². The molecule has 0 radical (unpaired) electrons. The van der Waals surface area contributed by atoms with Gasteiger partial charge in [0, 0.05) is 18.1 Å². The van der Waals surface area contributed by atoms with Gasteiger partial charge in [-0.3, -0.25) is 0 Å². The van der Waals surface area contributed by atoms with E-state index in [-0.39, 0.29) is 0 Å². The van der Waals surface area contributed by atoms with Crippen molar-refractivity contribution in [1.82, 2.24) is 0 Å². The third-order valence-electron chi connectivity index (χ3n) is 3.47. The zero-order valence-electron chi connectivity index (χ0n) is 10.8. The van der Waals surface area contributed by atoms with Crippen molar-refractivity contribution in [2.45, 2.75) is 37.0 Å². The largest absolute Gasteiger partial charge is 0.507 e. The summed E-state index contributed by atoms with van der Waals surface area (Å²) in [4.78, 5) is 1.00. The summed E-state index contributed by atoms with van der Waals surface area (Å²) >= 11 is 1.76. The van der Waals surface area contributed by atoms with Gasteiger partial charge in [-0.05, 0) is 43.1 Å². The maximum Gasteiger partial charge on any atom is 0.129 e. The molecule has 3 heteroatoms. The average molecular weight is 266 g/mol. The molecule has 2 rings (SSSR count). The fourth-order valence-corrected chi connectivity index (χ4v) is 3.29. The molecule has 100 valence electrons. The lowest BCUT2D eigenvalue weighted by atomic mass is 9.94. The van der Waals surface area contributed by atoms with Gasteiger partial charge in [0.25, 0.3) is 0 Å². The lowest BCUT2D eigenvalue weighted by Gasteiger charge is -2.21. The molecule has 1 aliphatic rings. The smallest absolute Gasteiger partial charge is 0.129 e. The zero-order valence-corrected chi connectivity index (χ0v) is 11.6. The summed E-state index contributed by atoms with van der Waals surface area (Å²) in [6.07, 6.45) is 6.35. The Morgan fingerprint density at radius 1 is 1.17 bits per heavy atom. The second-order valence-electron chi connectivity index (χ2n) is 4.87. The molecular formula is C15H22O2S. The molecule has 18 heavy (non-hydrogen) atoms. The first-order valence-corrected chi connectivity index (χ1v) is 7.83. The van der Waals surface area contributed by atoms with Crippen LogP contribution >= 0.6 is 11.8 Å². The molecule has 1 aromatic rings. The lowest BCUT2D eigenvalue weighted by molar-refractivity contribution is 0.0633. The number of hydrogen-bond acceptors (Lipinski definition) is 3. The Hall–Kier alpha value is -0.670. The summed E-state index contributed by atoms with van der Waals surface area (Å²) < 4.78 is 5.37. The van der Waals surface area contributed by atoms with Crippen LogP contribution in [0, 0.1) is 5.92 Å². The molecule has 0 saturated carbocycles. The molecule has 1 heterocycles. The second-order valence-corrected chi connectivity index (χ2v) is 6.00. The van der Waals surface area contributed by atoms with Crippen molar-refractivity contribution >= 4 is 11.8 Å². The van der Waals surface area contributed by atoms with E-state index in [1.165, 1.54) is 32.1 Å². The molecule has 2 nitrogen and oxygen atoms in total. The van der Waals surface area contributed by atoms with Crippen LogP contribution in [0.25, 0.3) is 0 Å². The molecule has 1 fully saturated rings. The standard InChI is InChI=1S/C15H22O2S/c16-14-6-1-2-7-15(14)18-12-4-3-5-13-8-10-17-11-9-13/h1-2,6-7,13,16H,3-5,8-12H2. The fourth-order valence-electron chi connectivity index (χ4n) is 2.33. The first kappa shape index (κ1) is 13.8. The highest BCUT2D eigenvalue weighted by Gasteiger charge is 2.12. The van der Waals surface area contributed by atoms with Crippen molar-refractivity contribution in [2.75, 3.05) is 19.0 Å². The minimum absolute atomic E-state index is 0.409. The number of phenolic OH excluding ortho intramolecular Hbond substituents is 1. The van der Waals surface area contributed by atoms with E-state index in [9.17, 15) is 5.11 Å². The number of unbranched alkanes of at least 4 members (excludes halogenated alkanes) is 1. The van der Waals surface area contributed by atoms with E-state index >= 15 is 0 Å². The highest BCUT2D eigenvalue weighted by Crippen LogP contribution is 2.29. The van der Waals surface area contributed by atoms with E-state index in [1.807, 2.05) is 18.2 Å². The van der Waals surface area contributed by atoms with Crippen molar-refractivity contribution in [3.8, 4) is 5.75 Å². The van der Waals surface area contributed by atoms with Gasteiger partial charge in [0.15, 0.2) is 0 Å². The van der Waals surface area contributed by atoms with Gasteiger partial charge >= 0.3 is 0 Å². The summed E-state index contributed by atoms with van der Waals surface area (Å²) in [5.41, 5.74) is 0. The maximum atomic E-state index is 9.64. The van der Waals surface area contributed by atoms with Crippen LogP contribution in [0.3, 0.4) is 0 Å². The number of benzene rings is 1. The predicted octanol–water partition coefficient (Wildman–Crippen LogP) is 4.08. The number of ether oxygens (including phenoxy) is 1. The van der Waals surface area contributed by atoms with Gasteiger partial charge in [-0.2, -0.15) is 0 Å². The predicted molar refractivity (Wildman–Crippen MR) is 76.2 cm³/mol. The minimum atomic E-state index is 0.409. The van der Waals surface area contributed by atoms with Crippen LogP contribution in [0.5, 0.6) is 5.75 Å². The highest BCUT2D eigenvalue weighted by atomic mass is 32.2. The van der Waals surface area contributed by atoms with E-state index in [1.54, 1.807) is 17.8 Å². The zero-order chi connectivity index (χ0) is 12.6. The highest BCUT2D eigenvalue weighted by molar-refractivity contribution is 7.99. The summed E-state index contributed by atoms with van der Waals surface area (Å²) in [6.45, 7) is 1.91. The van der Waals surface area contributed by atoms with Crippen molar-refractivity contribution in [3.05, 3.63) is 24.3 Å². The van der Waals surface area contributed by atoms with Gasteiger partial charge in [-0.25, -0.2) is 0 Å². The van der Waals surface area contributed by atoms with E-state index in [0.29, 0.717) is 5.75 Å².